The van der Waals surface area contributed by atoms with Gasteiger partial charge in [0, 0.05) is 25.4 Å². The standard InChI is InChI=1S/C19H25N5O2S/c1-13-12-23(4)21-17(13)18(25)24(10-6-9-22(2)3)19-20-15-8-7-14(26-5)11-16(15)27-19/h7-8,11-12H,6,9-10H2,1-5H3. The zero-order chi connectivity index (χ0) is 19.6. The highest BCUT2D eigenvalue weighted by molar-refractivity contribution is 7.22. The number of hydrogen-bond acceptors (Lipinski definition) is 6. The Balaban J connectivity index is 1.95. The van der Waals surface area contributed by atoms with Crippen molar-refractivity contribution in [2.45, 2.75) is 13.3 Å². The Morgan fingerprint density at radius 2 is 2.07 bits per heavy atom. The lowest BCUT2D eigenvalue weighted by Gasteiger charge is -2.20. The minimum Gasteiger partial charge on any atom is -0.497 e. The SMILES string of the molecule is COc1ccc2nc(N(CCCN(C)C)C(=O)c3nn(C)cc3C)sc2c1. The zero-order valence-corrected chi connectivity index (χ0v) is 17.2. The number of carbonyl (C=O) groups is 1. The van der Waals surface area contributed by atoms with Crippen LogP contribution in [0, 0.1) is 6.92 Å². The van der Waals surface area contributed by atoms with Gasteiger partial charge >= 0.3 is 0 Å². The molecule has 0 atom stereocenters. The van der Waals surface area contributed by atoms with Crippen molar-refractivity contribution in [3.05, 3.63) is 35.7 Å². The topological polar surface area (TPSA) is 63.5 Å². The normalized spacial score (nSPS) is 11.3. The van der Waals surface area contributed by atoms with E-state index < -0.39 is 0 Å². The number of aryl methyl sites for hydroxylation is 2. The summed E-state index contributed by atoms with van der Waals surface area (Å²) in [5, 5.41) is 5.04. The first-order valence-corrected chi connectivity index (χ1v) is 9.62. The Kier molecular flexibility index (Phi) is 5.76. The van der Waals surface area contributed by atoms with Crippen LogP contribution < -0.4 is 9.64 Å². The summed E-state index contributed by atoms with van der Waals surface area (Å²) in [7, 11) is 7.52. The Morgan fingerprint density at radius 1 is 1.30 bits per heavy atom. The second kappa shape index (κ2) is 8.06. The number of amides is 1. The third-order valence-electron chi connectivity index (χ3n) is 4.26. The lowest BCUT2D eigenvalue weighted by atomic mass is 10.2. The molecule has 8 heteroatoms. The molecular weight excluding hydrogens is 362 g/mol. The molecule has 1 aromatic carbocycles. The van der Waals surface area contributed by atoms with Crippen molar-refractivity contribution in [2.24, 2.45) is 7.05 Å². The predicted molar refractivity (Wildman–Crippen MR) is 109 cm³/mol. The van der Waals surface area contributed by atoms with Crippen LogP contribution in [0.5, 0.6) is 5.75 Å². The molecule has 27 heavy (non-hydrogen) atoms. The highest BCUT2D eigenvalue weighted by Crippen LogP contribution is 2.32. The second-order valence-corrected chi connectivity index (χ2v) is 7.79. The average molecular weight is 388 g/mol. The van der Waals surface area contributed by atoms with E-state index in [0.29, 0.717) is 17.4 Å². The molecule has 0 aliphatic rings. The number of nitrogens with zero attached hydrogens (tertiary/aromatic N) is 5. The van der Waals surface area contributed by atoms with Gasteiger partial charge in [0.2, 0.25) is 0 Å². The number of thiazole rings is 1. The molecule has 0 bridgehead atoms. The highest BCUT2D eigenvalue weighted by atomic mass is 32.1. The van der Waals surface area contributed by atoms with Gasteiger partial charge in [0.25, 0.3) is 5.91 Å². The van der Waals surface area contributed by atoms with Crippen molar-refractivity contribution < 1.29 is 9.53 Å². The molecule has 7 nitrogen and oxygen atoms in total. The van der Waals surface area contributed by atoms with Gasteiger partial charge in [-0.2, -0.15) is 5.10 Å². The van der Waals surface area contributed by atoms with Crippen molar-refractivity contribution in [3.8, 4) is 5.75 Å². The van der Waals surface area contributed by atoms with Gasteiger partial charge in [0.15, 0.2) is 10.8 Å². The molecule has 2 heterocycles. The summed E-state index contributed by atoms with van der Waals surface area (Å²) in [4.78, 5) is 21.8. The summed E-state index contributed by atoms with van der Waals surface area (Å²) in [6.45, 7) is 3.38. The van der Waals surface area contributed by atoms with Crippen LogP contribution in [0.25, 0.3) is 10.2 Å². The van der Waals surface area contributed by atoms with Gasteiger partial charge in [-0.1, -0.05) is 11.3 Å². The van der Waals surface area contributed by atoms with E-state index in [2.05, 4.69) is 15.0 Å². The van der Waals surface area contributed by atoms with Gasteiger partial charge in [0.05, 0.1) is 17.3 Å². The summed E-state index contributed by atoms with van der Waals surface area (Å²) >= 11 is 1.50. The van der Waals surface area contributed by atoms with Gasteiger partial charge in [0.1, 0.15) is 5.75 Å². The molecule has 0 spiro atoms. The van der Waals surface area contributed by atoms with Crippen LogP contribution in [0.3, 0.4) is 0 Å². The van der Waals surface area contributed by atoms with Crippen molar-refractivity contribution in [2.75, 3.05) is 39.2 Å². The number of hydrogen-bond donors (Lipinski definition) is 0. The molecule has 2 aromatic heterocycles. The first-order chi connectivity index (χ1) is 12.9. The van der Waals surface area contributed by atoms with Crippen molar-refractivity contribution in [1.82, 2.24) is 19.7 Å². The molecule has 0 saturated heterocycles. The Morgan fingerprint density at radius 3 is 2.70 bits per heavy atom. The molecule has 1 amide bonds. The number of methoxy groups -OCH3 is 1. The zero-order valence-electron chi connectivity index (χ0n) is 16.4. The minimum absolute atomic E-state index is 0.113. The van der Waals surface area contributed by atoms with Crippen LogP contribution in [0.4, 0.5) is 5.13 Å². The smallest absolute Gasteiger partial charge is 0.280 e. The van der Waals surface area contributed by atoms with E-state index in [1.165, 1.54) is 11.3 Å². The minimum atomic E-state index is -0.113. The fourth-order valence-corrected chi connectivity index (χ4v) is 3.93. The molecule has 0 aliphatic heterocycles. The number of rotatable bonds is 7. The molecule has 3 rings (SSSR count). The number of anilines is 1. The van der Waals surface area contributed by atoms with E-state index >= 15 is 0 Å². The number of benzene rings is 1. The monoisotopic (exact) mass is 387 g/mol. The largest absolute Gasteiger partial charge is 0.497 e. The van der Waals surface area contributed by atoms with Crippen LogP contribution >= 0.6 is 11.3 Å². The molecule has 0 saturated carbocycles. The first kappa shape index (κ1) is 19.3. The summed E-state index contributed by atoms with van der Waals surface area (Å²) in [6.07, 6.45) is 2.71. The van der Waals surface area contributed by atoms with E-state index in [9.17, 15) is 4.79 Å². The Labute approximate surface area is 163 Å². The number of fused-ring (bicyclic) bond motifs is 1. The van der Waals surface area contributed by atoms with Crippen LogP contribution in [0.1, 0.15) is 22.5 Å². The number of aromatic nitrogens is 3. The van der Waals surface area contributed by atoms with E-state index in [1.54, 1.807) is 16.7 Å². The highest BCUT2D eigenvalue weighted by Gasteiger charge is 2.24. The fraction of sp³-hybridized carbons (Fsp3) is 0.421. The Hall–Kier alpha value is -2.45. The summed E-state index contributed by atoms with van der Waals surface area (Å²) in [5.41, 5.74) is 2.20. The third kappa shape index (κ3) is 4.28. The van der Waals surface area contributed by atoms with Crippen LogP contribution in [0.2, 0.25) is 0 Å². The van der Waals surface area contributed by atoms with Gasteiger partial charge in [-0.05, 0) is 52.2 Å². The first-order valence-electron chi connectivity index (χ1n) is 8.80. The number of ether oxygens (including phenoxy) is 1. The van der Waals surface area contributed by atoms with Crippen LogP contribution in [-0.2, 0) is 7.05 Å². The van der Waals surface area contributed by atoms with E-state index in [4.69, 9.17) is 4.74 Å². The van der Waals surface area contributed by atoms with Gasteiger partial charge in [-0.15, -0.1) is 0 Å². The van der Waals surface area contributed by atoms with Gasteiger partial charge in [-0.25, -0.2) is 4.98 Å². The summed E-state index contributed by atoms with van der Waals surface area (Å²) in [5.74, 6) is 0.668. The summed E-state index contributed by atoms with van der Waals surface area (Å²) < 4.78 is 7.96. The van der Waals surface area contributed by atoms with Crippen molar-refractivity contribution in [3.63, 3.8) is 0 Å². The van der Waals surface area contributed by atoms with Crippen LogP contribution in [0.15, 0.2) is 24.4 Å². The predicted octanol–water partition coefficient (Wildman–Crippen LogP) is 2.95. The molecule has 3 aromatic rings. The lowest BCUT2D eigenvalue weighted by Crippen LogP contribution is -2.34. The van der Waals surface area contributed by atoms with Gasteiger partial charge < -0.3 is 9.64 Å². The third-order valence-corrected chi connectivity index (χ3v) is 5.30. The lowest BCUT2D eigenvalue weighted by molar-refractivity contribution is 0.0980. The summed E-state index contributed by atoms with van der Waals surface area (Å²) in [6, 6.07) is 5.75. The number of carbonyl (C=O) groups excluding carboxylic acids is 1. The average Bonchev–Trinajstić information content (AvgIpc) is 3.19. The molecular formula is C19H25N5O2S. The molecule has 0 unspecified atom stereocenters. The fourth-order valence-electron chi connectivity index (χ4n) is 2.91. The Bertz CT molecular complexity index is 947. The van der Waals surface area contributed by atoms with E-state index in [1.807, 2.05) is 52.5 Å². The van der Waals surface area contributed by atoms with Crippen molar-refractivity contribution >= 4 is 32.6 Å². The molecule has 0 fully saturated rings. The van der Waals surface area contributed by atoms with Crippen molar-refractivity contribution in [1.29, 1.82) is 0 Å². The maximum absolute atomic E-state index is 13.2. The van der Waals surface area contributed by atoms with E-state index in [0.717, 1.165) is 34.5 Å². The van der Waals surface area contributed by atoms with E-state index in [-0.39, 0.29) is 5.91 Å². The second-order valence-electron chi connectivity index (χ2n) is 6.78. The van der Waals surface area contributed by atoms with Crippen LogP contribution in [-0.4, -0.2) is 59.9 Å². The maximum atomic E-state index is 13.2. The molecule has 0 N–H and O–H groups in total. The molecule has 0 aliphatic carbocycles. The molecule has 0 radical (unpaired) electrons. The quantitative estimate of drug-likeness (QED) is 0.624. The maximum Gasteiger partial charge on any atom is 0.280 e. The molecule has 144 valence electrons. The van der Waals surface area contributed by atoms with Gasteiger partial charge in [-0.3, -0.25) is 14.4 Å².